The Balaban J connectivity index is 2.06. The average Bonchev–Trinajstić information content (AvgIpc) is 2.81. The lowest BCUT2D eigenvalue weighted by Crippen LogP contribution is -2.42. The van der Waals surface area contributed by atoms with Crippen LogP contribution in [0.2, 0.25) is 0 Å². The number of rotatable bonds is 2. The first-order valence-corrected chi connectivity index (χ1v) is 6.94. The third-order valence-electron chi connectivity index (χ3n) is 3.65. The third-order valence-corrected chi connectivity index (χ3v) is 4.34. The van der Waals surface area contributed by atoms with E-state index in [-0.39, 0.29) is 5.91 Å². The van der Waals surface area contributed by atoms with Crippen molar-refractivity contribution in [3.63, 3.8) is 0 Å². The van der Waals surface area contributed by atoms with Crippen LogP contribution in [0.3, 0.4) is 0 Å². The fraction of sp³-hybridized carbons (Fsp3) is 0.615. The fourth-order valence-electron chi connectivity index (χ4n) is 2.61. The Labute approximate surface area is 101 Å². The Morgan fingerprint density at radius 1 is 1.44 bits per heavy atom. The van der Waals surface area contributed by atoms with E-state index in [9.17, 15) is 4.79 Å². The Morgan fingerprint density at radius 2 is 2.19 bits per heavy atom. The number of nitrogens with zero attached hydrogens (tertiary/aromatic N) is 1. The molecule has 0 spiro atoms. The number of carbonyl (C=O) groups is 1. The Bertz CT molecular complexity index is 347. The second-order valence-electron chi connectivity index (χ2n) is 4.76. The highest BCUT2D eigenvalue weighted by Crippen LogP contribution is 2.28. The lowest BCUT2D eigenvalue weighted by atomic mass is 9.85. The molecule has 0 N–H and O–H groups in total. The van der Waals surface area contributed by atoms with E-state index < -0.39 is 0 Å². The monoisotopic (exact) mass is 237 g/mol. The van der Waals surface area contributed by atoms with Crippen molar-refractivity contribution >= 4 is 17.2 Å². The van der Waals surface area contributed by atoms with Crippen LogP contribution in [0.4, 0.5) is 0 Å². The van der Waals surface area contributed by atoms with E-state index in [2.05, 4.69) is 6.92 Å². The minimum Gasteiger partial charge on any atom is -0.338 e. The molecule has 0 aliphatic heterocycles. The zero-order valence-electron chi connectivity index (χ0n) is 9.98. The van der Waals surface area contributed by atoms with Gasteiger partial charge in [-0.3, -0.25) is 4.79 Å². The van der Waals surface area contributed by atoms with Gasteiger partial charge in [-0.05, 0) is 30.2 Å². The topological polar surface area (TPSA) is 20.3 Å². The Hall–Kier alpha value is -0.830. The molecule has 88 valence electrons. The van der Waals surface area contributed by atoms with Gasteiger partial charge in [0.1, 0.15) is 0 Å². The number of thiophene rings is 1. The first-order valence-electron chi connectivity index (χ1n) is 5.99. The summed E-state index contributed by atoms with van der Waals surface area (Å²) in [4.78, 5) is 14.1. The quantitative estimate of drug-likeness (QED) is 0.772. The van der Waals surface area contributed by atoms with E-state index in [1.54, 1.807) is 11.3 Å². The first kappa shape index (κ1) is 11.6. The smallest absolute Gasteiger partial charge is 0.254 e. The van der Waals surface area contributed by atoms with E-state index in [4.69, 9.17) is 0 Å². The highest BCUT2D eigenvalue weighted by atomic mass is 32.1. The second-order valence-corrected chi connectivity index (χ2v) is 5.54. The van der Waals surface area contributed by atoms with Crippen molar-refractivity contribution in [2.24, 2.45) is 5.92 Å². The Kier molecular flexibility index (Phi) is 3.64. The van der Waals surface area contributed by atoms with Crippen LogP contribution in [0.1, 0.15) is 43.0 Å². The lowest BCUT2D eigenvalue weighted by Gasteiger charge is -2.36. The van der Waals surface area contributed by atoms with E-state index >= 15 is 0 Å². The van der Waals surface area contributed by atoms with Crippen LogP contribution in [-0.2, 0) is 0 Å². The SMILES string of the molecule is C[C@@H]1CCCC[C@H]1N(C)C(=O)c1ccsc1. The molecule has 0 unspecified atom stereocenters. The zero-order chi connectivity index (χ0) is 11.5. The highest BCUT2D eigenvalue weighted by molar-refractivity contribution is 7.08. The van der Waals surface area contributed by atoms with Crippen LogP contribution >= 0.6 is 11.3 Å². The highest BCUT2D eigenvalue weighted by Gasteiger charge is 2.28. The maximum atomic E-state index is 12.2. The molecule has 1 fully saturated rings. The van der Waals surface area contributed by atoms with Gasteiger partial charge in [-0.15, -0.1) is 0 Å². The van der Waals surface area contributed by atoms with Gasteiger partial charge >= 0.3 is 0 Å². The summed E-state index contributed by atoms with van der Waals surface area (Å²) >= 11 is 1.59. The molecular formula is C13H19NOS. The predicted octanol–water partition coefficient (Wildman–Crippen LogP) is 3.40. The molecule has 0 saturated heterocycles. The van der Waals surface area contributed by atoms with E-state index in [0.29, 0.717) is 12.0 Å². The van der Waals surface area contributed by atoms with Gasteiger partial charge < -0.3 is 4.90 Å². The van der Waals surface area contributed by atoms with E-state index in [0.717, 1.165) is 12.0 Å². The summed E-state index contributed by atoms with van der Waals surface area (Å²) in [7, 11) is 1.95. The number of amides is 1. The van der Waals surface area contributed by atoms with Gasteiger partial charge in [0, 0.05) is 18.5 Å². The van der Waals surface area contributed by atoms with Crippen LogP contribution in [0, 0.1) is 5.92 Å². The molecule has 2 nitrogen and oxygen atoms in total. The van der Waals surface area contributed by atoms with Gasteiger partial charge in [0.25, 0.3) is 5.91 Å². The minimum absolute atomic E-state index is 0.181. The summed E-state index contributed by atoms with van der Waals surface area (Å²) in [6.45, 7) is 2.27. The maximum Gasteiger partial charge on any atom is 0.254 e. The first-order chi connectivity index (χ1) is 7.70. The molecule has 2 rings (SSSR count). The molecule has 1 aromatic heterocycles. The molecule has 1 heterocycles. The molecule has 1 amide bonds. The van der Waals surface area contributed by atoms with Crippen molar-refractivity contribution in [1.29, 1.82) is 0 Å². The molecule has 0 bridgehead atoms. The molecule has 16 heavy (non-hydrogen) atoms. The molecule has 0 aromatic carbocycles. The molecule has 0 radical (unpaired) electrons. The van der Waals surface area contributed by atoms with Gasteiger partial charge in [0.15, 0.2) is 0 Å². The third kappa shape index (κ3) is 2.29. The summed E-state index contributed by atoms with van der Waals surface area (Å²) in [6.07, 6.45) is 4.99. The molecule has 1 aliphatic carbocycles. The minimum atomic E-state index is 0.181. The largest absolute Gasteiger partial charge is 0.338 e. The molecule has 1 aliphatic rings. The van der Waals surface area contributed by atoms with Crippen LogP contribution in [0.15, 0.2) is 16.8 Å². The van der Waals surface area contributed by atoms with Gasteiger partial charge in [-0.2, -0.15) is 11.3 Å². The second kappa shape index (κ2) is 5.00. The predicted molar refractivity (Wildman–Crippen MR) is 67.8 cm³/mol. The summed E-state index contributed by atoms with van der Waals surface area (Å²) in [5.41, 5.74) is 0.838. The summed E-state index contributed by atoms with van der Waals surface area (Å²) < 4.78 is 0. The zero-order valence-corrected chi connectivity index (χ0v) is 10.8. The van der Waals surface area contributed by atoms with Crippen molar-refractivity contribution in [2.75, 3.05) is 7.05 Å². The van der Waals surface area contributed by atoms with Crippen LogP contribution in [0.25, 0.3) is 0 Å². The van der Waals surface area contributed by atoms with Gasteiger partial charge in [-0.1, -0.05) is 19.8 Å². The van der Waals surface area contributed by atoms with Gasteiger partial charge in [-0.25, -0.2) is 0 Å². The molecule has 3 heteroatoms. The van der Waals surface area contributed by atoms with Crippen molar-refractivity contribution in [3.05, 3.63) is 22.4 Å². The molecule has 1 aromatic rings. The average molecular weight is 237 g/mol. The normalized spacial score (nSPS) is 25.4. The van der Waals surface area contributed by atoms with Gasteiger partial charge in [0.05, 0.1) is 5.56 Å². The van der Waals surface area contributed by atoms with Crippen molar-refractivity contribution in [3.8, 4) is 0 Å². The summed E-state index contributed by atoms with van der Waals surface area (Å²) in [5.74, 6) is 0.821. The summed E-state index contributed by atoms with van der Waals surface area (Å²) in [6, 6.07) is 2.35. The van der Waals surface area contributed by atoms with Crippen molar-refractivity contribution in [1.82, 2.24) is 4.90 Å². The van der Waals surface area contributed by atoms with Crippen molar-refractivity contribution < 1.29 is 4.79 Å². The van der Waals surface area contributed by atoms with E-state index in [1.165, 1.54) is 19.3 Å². The Morgan fingerprint density at radius 3 is 2.81 bits per heavy atom. The molecule has 2 atom stereocenters. The fourth-order valence-corrected chi connectivity index (χ4v) is 3.24. The van der Waals surface area contributed by atoms with Gasteiger partial charge in [0.2, 0.25) is 0 Å². The van der Waals surface area contributed by atoms with Crippen LogP contribution in [0.5, 0.6) is 0 Å². The van der Waals surface area contributed by atoms with E-state index in [1.807, 2.05) is 28.8 Å². The number of hydrogen-bond acceptors (Lipinski definition) is 2. The molecule has 1 saturated carbocycles. The number of hydrogen-bond donors (Lipinski definition) is 0. The lowest BCUT2D eigenvalue weighted by molar-refractivity contribution is 0.0629. The van der Waals surface area contributed by atoms with Crippen LogP contribution < -0.4 is 0 Å². The van der Waals surface area contributed by atoms with Crippen LogP contribution in [-0.4, -0.2) is 23.9 Å². The maximum absolute atomic E-state index is 12.2. The van der Waals surface area contributed by atoms with Crippen molar-refractivity contribution in [2.45, 2.75) is 38.6 Å². The standard InChI is InChI=1S/C13H19NOS/c1-10-5-3-4-6-12(10)14(2)13(15)11-7-8-16-9-11/h7-10,12H,3-6H2,1-2H3/t10-,12-/m1/s1. The summed E-state index contributed by atoms with van der Waals surface area (Å²) in [5, 5.41) is 3.90. The molecular weight excluding hydrogens is 218 g/mol. The number of carbonyl (C=O) groups excluding carboxylic acids is 1.